The second kappa shape index (κ2) is 6.94. The van der Waals surface area contributed by atoms with E-state index in [9.17, 15) is 4.79 Å². The fourth-order valence-corrected chi connectivity index (χ4v) is 4.39. The fourth-order valence-electron chi connectivity index (χ4n) is 3.01. The Labute approximate surface area is 154 Å². The maximum atomic E-state index is 12.6. The molecule has 0 fully saturated rings. The SMILES string of the molecule is O=C(Nc1ccccc1Cl)C1CCc2nc(-c3ccncc3)sc2C1. The van der Waals surface area contributed by atoms with E-state index in [2.05, 4.69) is 10.3 Å². The summed E-state index contributed by atoms with van der Waals surface area (Å²) in [5.74, 6) is -0.0212. The molecule has 0 saturated carbocycles. The lowest BCUT2D eigenvalue weighted by Crippen LogP contribution is -2.27. The monoisotopic (exact) mass is 369 g/mol. The minimum atomic E-state index is -0.0467. The molecule has 126 valence electrons. The number of halogens is 1. The molecule has 0 spiro atoms. The first kappa shape index (κ1) is 16.2. The Bertz CT molecular complexity index is 910. The molecule has 25 heavy (non-hydrogen) atoms. The maximum Gasteiger partial charge on any atom is 0.227 e. The molecule has 4 nitrogen and oxygen atoms in total. The molecule has 1 amide bonds. The molecule has 1 aromatic carbocycles. The molecule has 6 heteroatoms. The van der Waals surface area contributed by atoms with Gasteiger partial charge in [-0.2, -0.15) is 0 Å². The number of rotatable bonds is 3. The zero-order valence-corrected chi connectivity index (χ0v) is 15.0. The molecule has 2 aromatic heterocycles. The molecule has 0 aliphatic heterocycles. The summed E-state index contributed by atoms with van der Waals surface area (Å²) in [5.41, 5.74) is 2.87. The Balaban J connectivity index is 1.50. The van der Waals surface area contributed by atoms with E-state index < -0.39 is 0 Å². The van der Waals surface area contributed by atoms with Crippen LogP contribution in [0.5, 0.6) is 0 Å². The molecule has 0 saturated heterocycles. The van der Waals surface area contributed by atoms with Crippen LogP contribution in [0, 0.1) is 5.92 Å². The van der Waals surface area contributed by atoms with E-state index in [1.807, 2.05) is 30.3 Å². The topological polar surface area (TPSA) is 54.9 Å². The van der Waals surface area contributed by atoms with Crippen LogP contribution in [0.4, 0.5) is 5.69 Å². The zero-order valence-electron chi connectivity index (χ0n) is 13.4. The number of thiazole rings is 1. The number of aryl methyl sites for hydroxylation is 1. The largest absolute Gasteiger partial charge is 0.325 e. The van der Waals surface area contributed by atoms with Crippen molar-refractivity contribution < 1.29 is 4.79 Å². The van der Waals surface area contributed by atoms with Crippen molar-refractivity contribution in [1.82, 2.24) is 9.97 Å². The summed E-state index contributed by atoms with van der Waals surface area (Å²) in [6.07, 6.45) is 5.92. The summed E-state index contributed by atoms with van der Waals surface area (Å²) in [6.45, 7) is 0. The highest BCUT2D eigenvalue weighted by molar-refractivity contribution is 7.15. The van der Waals surface area contributed by atoms with Crippen LogP contribution in [0.2, 0.25) is 5.02 Å². The van der Waals surface area contributed by atoms with Gasteiger partial charge in [-0.1, -0.05) is 23.7 Å². The van der Waals surface area contributed by atoms with Crippen LogP contribution in [-0.2, 0) is 17.6 Å². The van der Waals surface area contributed by atoms with Gasteiger partial charge in [-0.25, -0.2) is 4.98 Å². The first-order valence-electron chi connectivity index (χ1n) is 8.15. The van der Waals surface area contributed by atoms with Crippen molar-refractivity contribution in [3.05, 3.63) is 64.4 Å². The van der Waals surface area contributed by atoms with E-state index in [1.165, 1.54) is 4.88 Å². The molecular formula is C19H16ClN3OS. The summed E-state index contributed by atoms with van der Waals surface area (Å²) < 4.78 is 0. The third-order valence-corrected chi connectivity index (χ3v) is 5.87. The Morgan fingerprint density at radius 3 is 2.80 bits per heavy atom. The van der Waals surface area contributed by atoms with E-state index in [0.29, 0.717) is 10.7 Å². The van der Waals surface area contributed by atoms with E-state index in [-0.39, 0.29) is 11.8 Å². The Morgan fingerprint density at radius 2 is 2.00 bits per heavy atom. The van der Waals surface area contributed by atoms with Crippen molar-refractivity contribution in [2.75, 3.05) is 5.32 Å². The molecule has 1 atom stereocenters. The first-order chi connectivity index (χ1) is 12.2. The van der Waals surface area contributed by atoms with Gasteiger partial charge in [-0.15, -0.1) is 11.3 Å². The summed E-state index contributed by atoms with van der Waals surface area (Å²) in [7, 11) is 0. The number of carbonyl (C=O) groups is 1. The minimum Gasteiger partial charge on any atom is -0.325 e. The highest BCUT2D eigenvalue weighted by Gasteiger charge is 2.28. The molecule has 0 radical (unpaired) electrons. The number of carbonyl (C=O) groups excluding carboxylic acids is 1. The van der Waals surface area contributed by atoms with E-state index >= 15 is 0 Å². The number of nitrogens with one attached hydrogen (secondary N) is 1. The van der Waals surface area contributed by atoms with Crippen LogP contribution in [0.3, 0.4) is 0 Å². The Morgan fingerprint density at radius 1 is 1.20 bits per heavy atom. The summed E-state index contributed by atoms with van der Waals surface area (Å²) in [5, 5.41) is 4.51. The molecular weight excluding hydrogens is 354 g/mol. The van der Waals surface area contributed by atoms with Gasteiger partial charge >= 0.3 is 0 Å². The van der Waals surface area contributed by atoms with Crippen molar-refractivity contribution in [3.8, 4) is 10.6 Å². The number of aromatic nitrogens is 2. The van der Waals surface area contributed by atoms with E-state index in [0.717, 1.165) is 35.5 Å². The van der Waals surface area contributed by atoms with Crippen LogP contribution in [0.15, 0.2) is 48.8 Å². The molecule has 1 N–H and O–H groups in total. The number of fused-ring (bicyclic) bond motifs is 1. The fraction of sp³-hybridized carbons (Fsp3) is 0.211. The van der Waals surface area contributed by atoms with Crippen LogP contribution in [-0.4, -0.2) is 15.9 Å². The Hall–Kier alpha value is -2.24. The second-order valence-electron chi connectivity index (χ2n) is 6.03. The number of benzene rings is 1. The molecule has 3 aromatic rings. The number of nitrogens with zero attached hydrogens (tertiary/aromatic N) is 2. The van der Waals surface area contributed by atoms with Gasteiger partial charge in [0.05, 0.1) is 16.4 Å². The lowest BCUT2D eigenvalue weighted by atomic mass is 9.90. The standard InChI is InChI=1S/C19H16ClN3OS/c20-14-3-1-2-4-15(14)22-18(24)13-5-6-16-17(11-13)25-19(23-16)12-7-9-21-10-8-12/h1-4,7-10,13H,5-6,11H2,(H,22,24). The summed E-state index contributed by atoms with van der Waals surface area (Å²) in [4.78, 5) is 22.6. The lowest BCUT2D eigenvalue weighted by molar-refractivity contribution is -0.120. The van der Waals surface area contributed by atoms with Crippen molar-refractivity contribution >= 4 is 34.5 Å². The molecule has 1 aliphatic carbocycles. The summed E-state index contributed by atoms with van der Waals surface area (Å²) >= 11 is 7.81. The third-order valence-electron chi connectivity index (χ3n) is 4.37. The normalized spacial score (nSPS) is 16.3. The predicted molar refractivity (Wildman–Crippen MR) is 101 cm³/mol. The number of pyridine rings is 1. The molecule has 4 rings (SSSR count). The van der Waals surface area contributed by atoms with Gasteiger partial charge in [0.2, 0.25) is 5.91 Å². The van der Waals surface area contributed by atoms with Crippen LogP contribution in [0.25, 0.3) is 10.6 Å². The molecule has 1 aliphatic rings. The number of para-hydroxylation sites is 1. The van der Waals surface area contributed by atoms with Crippen molar-refractivity contribution in [1.29, 1.82) is 0 Å². The summed E-state index contributed by atoms with van der Waals surface area (Å²) in [6, 6.07) is 11.2. The van der Waals surface area contributed by atoms with Gasteiger partial charge in [0, 0.05) is 28.8 Å². The maximum absolute atomic E-state index is 12.6. The van der Waals surface area contributed by atoms with Gasteiger partial charge in [0.15, 0.2) is 0 Å². The molecule has 0 bridgehead atoms. The highest BCUT2D eigenvalue weighted by Crippen LogP contribution is 2.35. The zero-order chi connectivity index (χ0) is 17.2. The quantitative estimate of drug-likeness (QED) is 0.733. The highest BCUT2D eigenvalue weighted by atomic mass is 35.5. The first-order valence-corrected chi connectivity index (χ1v) is 9.34. The van der Waals surface area contributed by atoms with Crippen LogP contribution < -0.4 is 5.32 Å². The van der Waals surface area contributed by atoms with Crippen molar-refractivity contribution in [2.24, 2.45) is 5.92 Å². The number of amides is 1. The van der Waals surface area contributed by atoms with E-state index in [4.69, 9.17) is 16.6 Å². The van der Waals surface area contributed by atoms with Gasteiger partial charge < -0.3 is 5.32 Å². The average Bonchev–Trinajstić information content (AvgIpc) is 3.07. The minimum absolute atomic E-state index is 0.0256. The molecule has 2 heterocycles. The van der Waals surface area contributed by atoms with E-state index in [1.54, 1.807) is 29.8 Å². The van der Waals surface area contributed by atoms with Crippen LogP contribution >= 0.6 is 22.9 Å². The van der Waals surface area contributed by atoms with Crippen molar-refractivity contribution in [2.45, 2.75) is 19.3 Å². The van der Waals surface area contributed by atoms with Gasteiger partial charge in [0.1, 0.15) is 5.01 Å². The Kier molecular flexibility index (Phi) is 4.51. The molecule has 1 unspecified atom stereocenters. The average molecular weight is 370 g/mol. The number of hydrogen-bond acceptors (Lipinski definition) is 4. The van der Waals surface area contributed by atoms with Gasteiger partial charge in [0.25, 0.3) is 0 Å². The smallest absolute Gasteiger partial charge is 0.227 e. The second-order valence-corrected chi connectivity index (χ2v) is 7.52. The lowest BCUT2D eigenvalue weighted by Gasteiger charge is -2.20. The third kappa shape index (κ3) is 3.43. The van der Waals surface area contributed by atoms with Crippen LogP contribution in [0.1, 0.15) is 17.0 Å². The number of anilines is 1. The predicted octanol–water partition coefficient (Wildman–Crippen LogP) is 4.60. The van der Waals surface area contributed by atoms with Gasteiger partial charge in [-0.05, 0) is 43.5 Å². The number of hydrogen-bond donors (Lipinski definition) is 1. The van der Waals surface area contributed by atoms with Crippen molar-refractivity contribution in [3.63, 3.8) is 0 Å². The van der Waals surface area contributed by atoms with Gasteiger partial charge in [-0.3, -0.25) is 9.78 Å².